The molecule has 0 aromatic carbocycles. The minimum Gasteiger partial charge on any atom is -0.545 e. The Labute approximate surface area is 87.4 Å². The van der Waals surface area contributed by atoms with Crippen LogP contribution in [0.4, 0.5) is 0 Å². The average Bonchev–Trinajstić information content (AvgIpc) is 2.84. The van der Waals surface area contributed by atoms with Crippen LogP contribution in [-0.4, -0.2) is 24.6 Å². The third-order valence-electron chi connectivity index (χ3n) is 2.20. The van der Waals surface area contributed by atoms with Crippen molar-refractivity contribution in [1.29, 1.82) is 0 Å². The van der Waals surface area contributed by atoms with Gasteiger partial charge in [-0.15, -0.1) is 0 Å². The van der Waals surface area contributed by atoms with E-state index in [1.165, 1.54) is 0 Å². The van der Waals surface area contributed by atoms with Crippen molar-refractivity contribution in [2.75, 3.05) is 6.61 Å². The van der Waals surface area contributed by atoms with Crippen LogP contribution < -0.4 is 10.2 Å². The van der Waals surface area contributed by atoms with E-state index >= 15 is 0 Å². The zero-order valence-corrected chi connectivity index (χ0v) is 8.61. The molecule has 1 saturated heterocycles. The molecule has 15 heavy (non-hydrogen) atoms. The molecule has 1 aliphatic heterocycles. The van der Waals surface area contributed by atoms with E-state index in [9.17, 15) is 19.8 Å². The molecule has 0 bridgehead atoms. The van der Waals surface area contributed by atoms with Gasteiger partial charge in [0, 0.05) is 6.42 Å². The predicted octanol–water partition coefficient (Wildman–Crippen LogP) is -1.77. The van der Waals surface area contributed by atoms with Gasteiger partial charge in [0.2, 0.25) is 0 Å². The lowest BCUT2D eigenvalue weighted by atomic mass is 9.94. The van der Waals surface area contributed by atoms with Crippen LogP contribution in [0.25, 0.3) is 0 Å². The van der Waals surface area contributed by atoms with E-state index in [1.54, 1.807) is 13.8 Å². The second-order valence-electron chi connectivity index (χ2n) is 3.78. The molecular weight excluding hydrogens is 200 g/mol. The van der Waals surface area contributed by atoms with Gasteiger partial charge in [-0.2, -0.15) is 0 Å². The van der Waals surface area contributed by atoms with Crippen molar-refractivity contribution in [3.8, 4) is 0 Å². The molecular formula is C10H12O5-2. The van der Waals surface area contributed by atoms with Gasteiger partial charge in [0.05, 0.1) is 24.6 Å². The minimum absolute atomic E-state index is 0.0732. The van der Waals surface area contributed by atoms with E-state index in [4.69, 9.17) is 4.74 Å². The van der Waals surface area contributed by atoms with E-state index in [1.807, 2.05) is 0 Å². The van der Waals surface area contributed by atoms with Crippen molar-refractivity contribution in [1.82, 2.24) is 0 Å². The molecule has 0 saturated carbocycles. The van der Waals surface area contributed by atoms with Crippen LogP contribution in [0.1, 0.15) is 20.3 Å². The number of ether oxygens (including phenoxy) is 1. The summed E-state index contributed by atoms with van der Waals surface area (Å²) < 4.78 is 4.86. The van der Waals surface area contributed by atoms with Gasteiger partial charge in [-0.1, -0.05) is 13.8 Å². The number of aliphatic carboxylic acids is 2. The van der Waals surface area contributed by atoms with Gasteiger partial charge >= 0.3 is 0 Å². The summed E-state index contributed by atoms with van der Waals surface area (Å²) in [5.41, 5.74) is -0.419. The highest BCUT2D eigenvalue weighted by Crippen LogP contribution is 2.24. The van der Waals surface area contributed by atoms with Gasteiger partial charge < -0.3 is 24.5 Å². The maximum absolute atomic E-state index is 10.8. The van der Waals surface area contributed by atoms with Crippen LogP contribution in [-0.2, 0) is 14.3 Å². The largest absolute Gasteiger partial charge is 0.545 e. The number of rotatable bonds is 5. The van der Waals surface area contributed by atoms with Crippen molar-refractivity contribution in [3.63, 3.8) is 0 Å². The Bertz CT molecular complexity index is 312. The molecule has 84 valence electrons. The zero-order chi connectivity index (χ0) is 11.6. The molecule has 0 radical (unpaired) electrons. The van der Waals surface area contributed by atoms with Crippen molar-refractivity contribution >= 4 is 11.9 Å². The average molecular weight is 212 g/mol. The van der Waals surface area contributed by atoms with Crippen LogP contribution in [0.3, 0.4) is 0 Å². The number of carboxylic acid groups (broad SMARTS) is 2. The molecule has 1 fully saturated rings. The van der Waals surface area contributed by atoms with Crippen molar-refractivity contribution in [2.45, 2.75) is 26.4 Å². The third-order valence-corrected chi connectivity index (χ3v) is 2.20. The molecule has 1 atom stereocenters. The van der Waals surface area contributed by atoms with Gasteiger partial charge in [-0.05, 0) is 17.1 Å². The van der Waals surface area contributed by atoms with E-state index in [-0.39, 0.29) is 23.7 Å². The molecule has 5 heteroatoms. The topological polar surface area (TPSA) is 92.8 Å². The highest BCUT2D eigenvalue weighted by atomic mass is 16.6. The van der Waals surface area contributed by atoms with E-state index in [0.717, 1.165) is 0 Å². The van der Waals surface area contributed by atoms with Crippen LogP contribution in [0.5, 0.6) is 0 Å². The molecule has 5 nitrogen and oxygen atoms in total. The first kappa shape index (κ1) is 11.7. The lowest BCUT2D eigenvalue weighted by Crippen LogP contribution is -2.34. The van der Waals surface area contributed by atoms with Crippen molar-refractivity contribution < 1.29 is 24.5 Å². The summed E-state index contributed by atoms with van der Waals surface area (Å²) in [5.74, 6) is -3.33. The molecule has 0 N–H and O–H groups in total. The Balaban J connectivity index is 3.01. The summed E-state index contributed by atoms with van der Waals surface area (Å²) >= 11 is 0. The molecule has 1 rings (SSSR count). The zero-order valence-electron chi connectivity index (χ0n) is 8.61. The maximum atomic E-state index is 10.8. The first-order valence-electron chi connectivity index (χ1n) is 4.70. The van der Waals surface area contributed by atoms with Gasteiger partial charge in [0.15, 0.2) is 0 Å². The smallest absolute Gasteiger partial charge is 0.0850 e. The Morgan fingerprint density at radius 3 is 2.13 bits per heavy atom. The van der Waals surface area contributed by atoms with Gasteiger partial charge in [-0.3, -0.25) is 0 Å². The summed E-state index contributed by atoms with van der Waals surface area (Å²) in [6.07, 6.45) is -0.116. The van der Waals surface area contributed by atoms with Gasteiger partial charge in [-0.25, -0.2) is 0 Å². The number of hydrogen-bond acceptors (Lipinski definition) is 5. The maximum Gasteiger partial charge on any atom is 0.0850 e. The first-order chi connectivity index (χ1) is 6.93. The fourth-order valence-electron chi connectivity index (χ4n) is 1.42. The highest BCUT2D eigenvalue weighted by molar-refractivity contribution is 5.97. The molecule has 0 aliphatic carbocycles. The summed E-state index contributed by atoms with van der Waals surface area (Å²) in [5, 5.41) is 21.6. The minimum atomic E-state index is -1.46. The van der Waals surface area contributed by atoms with E-state index in [2.05, 4.69) is 0 Å². The monoisotopic (exact) mass is 212 g/mol. The summed E-state index contributed by atoms with van der Waals surface area (Å²) in [4.78, 5) is 21.6. The summed E-state index contributed by atoms with van der Waals surface area (Å²) in [6.45, 7) is 3.67. The lowest BCUT2D eigenvalue weighted by molar-refractivity contribution is -0.304. The molecule has 0 amide bonds. The number of epoxide rings is 1. The second-order valence-corrected chi connectivity index (χ2v) is 3.78. The number of carbonyl (C=O) groups excluding carboxylic acids is 2. The SMILES string of the molecule is CC(C)/C(C(=O)[O-])=C(/CC1CO1)C(=O)[O-]. The Morgan fingerprint density at radius 2 is 1.87 bits per heavy atom. The van der Waals surface area contributed by atoms with Crippen LogP contribution >= 0.6 is 0 Å². The fourth-order valence-corrected chi connectivity index (χ4v) is 1.42. The number of hydrogen-bond donors (Lipinski definition) is 0. The molecule has 0 spiro atoms. The summed E-state index contributed by atoms with van der Waals surface area (Å²) in [7, 11) is 0. The van der Waals surface area contributed by atoms with E-state index in [0.29, 0.717) is 6.61 Å². The Kier molecular flexibility index (Phi) is 3.47. The molecule has 1 unspecified atom stereocenters. The van der Waals surface area contributed by atoms with Gasteiger partial charge in [0.25, 0.3) is 0 Å². The normalized spacial score (nSPS) is 21.1. The van der Waals surface area contributed by atoms with Crippen molar-refractivity contribution in [3.05, 3.63) is 11.1 Å². The predicted molar refractivity (Wildman–Crippen MR) is 46.2 cm³/mol. The number of carboxylic acids is 2. The molecule has 1 heterocycles. The molecule has 1 aliphatic rings. The Hall–Kier alpha value is -1.36. The van der Waals surface area contributed by atoms with Crippen LogP contribution in [0.2, 0.25) is 0 Å². The van der Waals surface area contributed by atoms with Crippen molar-refractivity contribution in [2.24, 2.45) is 5.92 Å². The Morgan fingerprint density at radius 1 is 1.33 bits per heavy atom. The lowest BCUT2D eigenvalue weighted by Gasteiger charge is -2.19. The van der Waals surface area contributed by atoms with Crippen LogP contribution in [0, 0.1) is 5.92 Å². The molecule has 0 aromatic heterocycles. The molecule has 0 aromatic rings. The standard InChI is InChI=1S/C10H14O5/c1-5(2)8(10(13)14)7(9(11)12)3-6-4-15-6/h5-6H,3-4H2,1-2H3,(H,11,12)(H,13,14)/p-2/b8-7+. The highest BCUT2D eigenvalue weighted by Gasteiger charge is 2.26. The number of carbonyl (C=O) groups is 2. The summed E-state index contributed by atoms with van der Waals surface area (Å²) in [6, 6.07) is 0. The third kappa shape index (κ3) is 3.06. The first-order valence-corrected chi connectivity index (χ1v) is 4.70. The second kappa shape index (κ2) is 4.44. The fraction of sp³-hybridized carbons (Fsp3) is 0.600. The quantitative estimate of drug-likeness (QED) is 0.397. The van der Waals surface area contributed by atoms with Gasteiger partial charge in [0.1, 0.15) is 0 Å². The van der Waals surface area contributed by atoms with Crippen LogP contribution in [0.15, 0.2) is 11.1 Å². The van der Waals surface area contributed by atoms with E-state index < -0.39 is 17.9 Å².